The van der Waals surface area contributed by atoms with Crippen LogP contribution in [0.25, 0.3) is 0 Å². The summed E-state index contributed by atoms with van der Waals surface area (Å²) in [5.74, 6) is 0.863. The Morgan fingerprint density at radius 3 is 2.53 bits per heavy atom. The summed E-state index contributed by atoms with van der Waals surface area (Å²) in [6, 6.07) is 16.5. The molecule has 0 radical (unpaired) electrons. The predicted molar refractivity (Wildman–Crippen MR) is 125 cm³/mol. The monoisotopic (exact) mass is 441 g/mol. The number of nitrogens with one attached hydrogen (secondary N) is 1. The smallest absolute Gasteiger partial charge is 0.205 e. The van der Waals surface area contributed by atoms with Gasteiger partial charge in [-0.25, -0.2) is 13.5 Å². The van der Waals surface area contributed by atoms with Gasteiger partial charge in [0.2, 0.25) is 5.13 Å². The van der Waals surface area contributed by atoms with Crippen LogP contribution in [0.15, 0.2) is 53.4 Å². The molecular weight excluding hydrogens is 414 g/mol. The van der Waals surface area contributed by atoms with Gasteiger partial charge in [-0.3, -0.25) is 0 Å². The zero-order valence-corrected chi connectivity index (χ0v) is 19.2. The molecule has 1 aliphatic heterocycles. The summed E-state index contributed by atoms with van der Waals surface area (Å²) in [7, 11) is 0.723. The second-order valence-corrected chi connectivity index (χ2v) is 9.78. The second-order valence-electron chi connectivity index (χ2n) is 7.61. The molecule has 2 aromatic carbocycles. The first-order chi connectivity index (χ1) is 14.5. The van der Waals surface area contributed by atoms with Crippen LogP contribution in [0.3, 0.4) is 0 Å². The van der Waals surface area contributed by atoms with E-state index in [1.165, 1.54) is 22.7 Å². The van der Waals surface area contributed by atoms with Crippen molar-refractivity contribution < 1.29 is 4.21 Å². The molecule has 4 rings (SSSR count). The summed E-state index contributed by atoms with van der Waals surface area (Å²) in [6.45, 7) is 6.53. The maximum atomic E-state index is 13.1. The van der Waals surface area contributed by atoms with E-state index in [9.17, 15) is 4.21 Å². The van der Waals surface area contributed by atoms with Gasteiger partial charge in [0.25, 0.3) is 0 Å². The van der Waals surface area contributed by atoms with E-state index in [0.717, 1.165) is 47.6 Å². The van der Waals surface area contributed by atoms with Gasteiger partial charge in [-0.15, -0.1) is 0 Å². The van der Waals surface area contributed by atoms with Crippen LogP contribution in [0.4, 0.5) is 10.8 Å². The molecule has 8 heteroatoms. The summed E-state index contributed by atoms with van der Waals surface area (Å²) in [4.78, 5) is 7.87. The minimum absolute atomic E-state index is 0.160. The van der Waals surface area contributed by atoms with Crippen LogP contribution in [0.1, 0.15) is 23.9 Å². The van der Waals surface area contributed by atoms with E-state index < -0.39 is 11.0 Å². The number of anilines is 2. The van der Waals surface area contributed by atoms with Crippen LogP contribution >= 0.6 is 11.5 Å². The summed E-state index contributed by atoms with van der Waals surface area (Å²) in [5.41, 5.74) is 3.50. The molecule has 2 atom stereocenters. The van der Waals surface area contributed by atoms with E-state index in [1.54, 1.807) is 0 Å². The minimum atomic E-state index is -1.16. The molecule has 1 saturated heterocycles. The van der Waals surface area contributed by atoms with E-state index in [-0.39, 0.29) is 6.04 Å². The number of aryl methyl sites for hydroxylation is 1. The van der Waals surface area contributed by atoms with Crippen molar-refractivity contribution in [1.82, 2.24) is 13.7 Å². The Morgan fingerprint density at radius 1 is 1.13 bits per heavy atom. The molecule has 1 aromatic heterocycles. The first-order valence-electron chi connectivity index (χ1n) is 10.1. The number of nitrogens with zero attached hydrogens (tertiary/aromatic N) is 4. The minimum Gasteiger partial charge on any atom is -0.388 e. The van der Waals surface area contributed by atoms with Gasteiger partial charge >= 0.3 is 0 Å². The van der Waals surface area contributed by atoms with Gasteiger partial charge in [0.05, 0.1) is 4.90 Å². The van der Waals surface area contributed by atoms with Gasteiger partial charge in [-0.05, 0) is 43.7 Å². The Hall–Kier alpha value is -2.29. The Kier molecular flexibility index (Phi) is 6.46. The van der Waals surface area contributed by atoms with Crippen molar-refractivity contribution in [3.8, 4) is 0 Å². The maximum Gasteiger partial charge on any atom is 0.205 e. The van der Waals surface area contributed by atoms with Crippen molar-refractivity contribution in [3.05, 3.63) is 65.5 Å². The zero-order chi connectivity index (χ0) is 21.1. The number of hydrogen-bond donors (Lipinski definition) is 1. The third-order valence-corrected chi connectivity index (χ3v) is 7.79. The van der Waals surface area contributed by atoms with Gasteiger partial charge in [0, 0.05) is 56.4 Å². The van der Waals surface area contributed by atoms with Gasteiger partial charge in [-0.2, -0.15) is 4.37 Å². The fraction of sp³-hybridized carbons (Fsp3) is 0.364. The molecule has 2 heterocycles. The lowest BCUT2D eigenvalue weighted by Crippen LogP contribution is -2.52. The molecule has 0 spiro atoms. The van der Waals surface area contributed by atoms with Gasteiger partial charge in [0.1, 0.15) is 16.8 Å². The van der Waals surface area contributed by atoms with Crippen molar-refractivity contribution in [1.29, 1.82) is 0 Å². The molecule has 1 fully saturated rings. The van der Waals surface area contributed by atoms with E-state index in [4.69, 9.17) is 4.98 Å². The number of benzene rings is 2. The normalized spacial score (nSPS) is 18.4. The Morgan fingerprint density at radius 2 is 1.87 bits per heavy atom. The average Bonchev–Trinajstić information content (AvgIpc) is 3.23. The number of hydrogen-bond acceptors (Lipinski definition) is 6. The molecule has 3 aromatic rings. The number of piperazine rings is 1. The fourth-order valence-electron chi connectivity index (χ4n) is 3.57. The molecule has 0 bridgehead atoms. The molecule has 2 unspecified atom stereocenters. The molecule has 1 N–H and O–H groups in total. The SMILES string of the molecule is CNc1ccc(S(=O)N2CCN(c3nc(Cc4ccc(C)cc4)ns3)CC2C)cc1. The van der Waals surface area contributed by atoms with E-state index in [0.29, 0.717) is 0 Å². The average molecular weight is 442 g/mol. The summed E-state index contributed by atoms with van der Waals surface area (Å²) < 4.78 is 19.7. The van der Waals surface area contributed by atoms with Crippen molar-refractivity contribution in [3.63, 3.8) is 0 Å². The molecule has 0 saturated carbocycles. The highest BCUT2D eigenvalue weighted by Crippen LogP contribution is 2.25. The van der Waals surface area contributed by atoms with E-state index in [1.807, 2.05) is 31.3 Å². The molecule has 0 amide bonds. The summed E-state index contributed by atoms with van der Waals surface area (Å²) in [6.07, 6.45) is 0.749. The Labute approximate surface area is 184 Å². The lowest BCUT2D eigenvalue weighted by atomic mass is 10.1. The summed E-state index contributed by atoms with van der Waals surface area (Å²) in [5, 5.41) is 4.05. The Balaban J connectivity index is 1.38. The molecule has 0 aliphatic carbocycles. The zero-order valence-electron chi connectivity index (χ0n) is 17.5. The molecule has 158 valence electrons. The molecule has 30 heavy (non-hydrogen) atoms. The van der Waals surface area contributed by atoms with Gasteiger partial charge in [-0.1, -0.05) is 29.8 Å². The topological polar surface area (TPSA) is 61.4 Å². The van der Waals surface area contributed by atoms with Crippen LogP contribution in [-0.4, -0.2) is 50.6 Å². The second kappa shape index (κ2) is 9.24. The fourth-order valence-corrected chi connectivity index (χ4v) is 5.57. The van der Waals surface area contributed by atoms with E-state index >= 15 is 0 Å². The first kappa shape index (κ1) is 21.0. The predicted octanol–water partition coefficient (Wildman–Crippen LogP) is 3.71. The van der Waals surface area contributed by atoms with Crippen molar-refractivity contribution in [2.24, 2.45) is 0 Å². The van der Waals surface area contributed by atoms with Crippen molar-refractivity contribution in [2.75, 3.05) is 36.9 Å². The van der Waals surface area contributed by atoms with Crippen molar-refractivity contribution >= 4 is 33.3 Å². The number of aromatic nitrogens is 2. The highest BCUT2D eigenvalue weighted by molar-refractivity contribution is 7.82. The third kappa shape index (κ3) is 4.71. The highest BCUT2D eigenvalue weighted by atomic mass is 32.2. The quantitative estimate of drug-likeness (QED) is 0.632. The number of rotatable bonds is 6. The standard InChI is InChI=1S/C22H27N5OS2/c1-16-4-6-18(7-5-16)14-21-24-22(29-25-21)26-12-13-27(17(2)15-26)30(28)20-10-8-19(23-3)9-11-20/h4-11,17,23H,12-15H2,1-3H3. The van der Waals surface area contributed by atoms with E-state index in [2.05, 4.69) is 57.0 Å². The first-order valence-corrected chi connectivity index (χ1v) is 12.0. The van der Waals surface area contributed by atoms with Gasteiger partial charge in [0.15, 0.2) is 0 Å². The molecule has 1 aliphatic rings. The van der Waals surface area contributed by atoms with Crippen LogP contribution in [0, 0.1) is 6.92 Å². The largest absolute Gasteiger partial charge is 0.388 e. The third-order valence-electron chi connectivity index (χ3n) is 5.33. The Bertz CT molecular complexity index is 1000. The highest BCUT2D eigenvalue weighted by Gasteiger charge is 2.30. The van der Waals surface area contributed by atoms with Crippen LogP contribution in [0.2, 0.25) is 0 Å². The van der Waals surface area contributed by atoms with Crippen LogP contribution in [-0.2, 0) is 17.4 Å². The lowest BCUT2D eigenvalue weighted by molar-refractivity contribution is 0.323. The molecule has 6 nitrogen and oxygen atoms in total. The summed E-state index contributed by atoms with van der Waals surface area (Å²) >= 11 is 1.45. The molecular formula is C22H27N5OS2. The van der Waals surface area contributed by atoms with Gasteiger partial charge < -0.3 is 10.2 Å². The van der Waals surface area contributed by atoms with Crippen LogP contribution < -0.4 is 10.2 Å². The van der Waals surface area contributed by atoms with Crippen molar-refractivity contribution in [2.45, 2.75) is 31.2 Å². The maximum absolute atomic E-state index is 13.1. The van der Waals surface area contributed by atoms with Crippen LogP contribution in [0.5, 0.6) is 0 Å². The lowest BCUT2D eigenvalue weighted by Gasteiger charge is -2.38.